The molecule has 0 bridgehead atoms. The molecule has 4 unspecified atom stereocenters. The summed E-state index contributed by atoms with van der Waals surface area (Å²) in [4.78, 5) is 2.58. The Morgan fingerprint density at radius 2 is 0.765 bits per heavy atom. The lowest BCUT2D eigenvalue weighted by molar-refractivity contribution is -0.412. The van der Waals surface area contributed by atoms with Crippen LogP contribution in [-0.4, -0.2) is 0 Å². The van der Waals surface area contributed by atoms with Crippen LogP contribution in [0, 0.1) is 29.1 Å². The SMILES string of the molecule is c1ccc(-c2ccc(-c3ccccc3N(c3ccccc3-c3ccc4c(c3)C3(c5ccccc5-4)C4CC5CC6CC3C564)c3ccccc3-c3cccc4cccc(-c5ccccc5)c34)cc2)cc1. The molecule has 5 aliphatic carbocycles. The van der Waals surface area contributed by atoms with E-state index in [1.165, 1.54) is 96.8 Å². The van der Waals surface area contributed by atoms with E-state index in [-0.39, 0.29) is 5.41 Å². The number of para-hydroxylation sites is 3. The minimum Gasteiger partial charge on any atom is -0.309 e. The molecule has 15 rings (SSSR count). The molecule has 0 aromatic heterocycles. The quantitative estimate of drug-likeness (QED) is 0.147. The van der Waals surface area contributed by atoms with Crippen molar-refractivity contribution < 1.29 is 0 Å². The van der Waals surface area contributed by atoms with E-state index in [4.69, 9.17) is 0 Å². The van der Waals surface area contributed by atoms with Crippen LogP contribution in [0.2, 0.25) is 0 Å². The fourth-order valence-corrected chi connectivity index (χ4v) is 15.1. The summed E-state index contributed by atoms with van der Waals surface area (Å²) in [7, 11) is 0. The molecule has 0 radical (unpaired) electrons. The molecule has 322 valence electrons. The molecule has 4 saturated carbocycles. The fraction of sp³-hybridized carbons (Fsp3) is 0.134. The van der Waals surface area contributed by atoms with Crippen LogP contribution in [0.1, 0.15) is 30.4 Å². The van der Waals surface area contributed by atoms with Crippen LogP contribution in [-0.2, 0) is 5.41 Å². The van der Waals surface area contributed by atoms with Gasteiger partial charge in [0.25, 0.3) is 0 Å². The third kappa shape index (κ3) is 5.01. The Kier molecular flexibility index (Phi) is 8.12. The zero-order valence-corrected chi connectivity index (χ0v) is 37.9. The van der Waals surface area contributed by atoms with Crippen molar-refractivity contribution in [2.75, 3.05) is 4.90 Å². The van der Waals surface area contributed by atoms with Crippen LogP contribution >= 0.6 is 0 Å². The average molecular weight is 868 g/mol. The van der Waals surface area contributed by atoms with Crippen molar-refractivity contribution in [3.8, 4) is 66.8 Å². The minimum atomic E-state index is 0.139. The van der Waals surface area contributed by atoms with Crippen molar-refractivity contribution in [2.24, 2.45) is 29.1 Å². The Morgan fingerprint density at radius 3 is 1.43 bits per heavy atom. The molecule has 0 N–H and O–H groups in total. The first kappa shape index (κ1) is 38.4. The molecule has 1 heteroatoms. The van der Waals surface area contributed by atoms with Crippen molar-refractivity contribution in [1.82, 2.24) is 0 Å². The third-order valence-corrected chi connectivity index (χ3v) is 17.8. The second-order valence-corrected chi connectivity index (χ2v) is 20.3. The van der Waals surface area contributed by atoms with E-state index in [1.54, 1.807) is 11.1 Å². The number of nitrogens with zero attached hydrogens (tertiary/aromatic N) is 1. The topological polar surface area (TPSA) is 3.24 Å². The van der Waals surface area contributed by atoms with Crippen LogP contribution in [0.3, 0.4) is 0 Å². The zero-order valence-electron chi connectivity index (χ0n) is 37.9. The molecular weight excluding hydrogens is 819 g/mol. The first-order chi connectivity index (χ1) is 33.7. The smallest absolute Gasteiger partial charge is 0.0540 e. The Morgan fingerprint density at radius 1 is 0.309 bits per heavy atom. The van der Waals surface area contributed by atoms with Crippen molar-refractivity contribution in [1.29, 1.82) is 0 Å². The van der Waals surface area contributed by atoms with E-state index in [2.05, 4.69) is 241 Å². The second-order valence-electron chi connectivity index (χ2n) is 20.3. The van der Waals surface area contributed by atoms with Gasteiger partial charge < -0.3 is 4.90 Å². The second kappa shape index (κ2) is 14.4. The van der Waals surface area contributed by atoms with Crippen molar-refractivity contribution >= 4 is 27.8 Å². The van der Waals surface area contributed by atoms with Gasteiger partial charge in [-0.1, -0.05) is 212 Å². The van der Waals surface area contributed by atoms with Crippen molar-refractivity contribution in [2.45, 2.75) is 24.7 Å². The highest BCUT2D eigenvalue weighted by Gasteiger charge is 2.90. The lowest BCUT2D eigenvalue weighted by Crippen LogP contribution is -2.88. The maximum Gasteiger partial charge on any atom is 0.0540 e. The maximum absolute atomic E-state index is 2.65. The summed E-state index contributed by atoms with van der Waals surface area (Å²) in [5.74, 6) is 3.48. The maximum atomic E-state index is 2.65. The molecular formula is C67H49N. The fourth-order valence-electron chi connectivity index (χ4n) is 15.1. The van der Waals surface area contributed by atoms with Crippen LogP contribution in [0.5, 0.6) is 0 Å². The lowest BCUT2D eigenvalue weighted by atomic mass is 9.11. The van der Waals surface area contributed by atoms with Gasteiger partial charge in [-0.3, -0.25) is 0 Å². The Bertz CT molecular complexity index is 3610. The third-order valence-electron chi connectivity index (χ3n) is 17.8. The van der Waals surface area contributed by atoms with Gasteiger partial charge in [-0.2, -0.15) is 0 Å². The van der Waals surface area contributed by atoms with Crippen LogP contribution < -0.4 is 4.90 Å². The molecule has 10 aromatic rings. The average Bonchev–Trinajstić information content (AvgIpc) is 3.69. The summed E-state index contributed by atoms with van der Waals surface area (Å²) in [6, 6.07) is 88.6. The summed E-state index contributed by atoms with van der Waals surface area (Å²) in [6.45, 7) is 0. The normalized spacial score (nSPS) is 22.9. The monoisotopic (exact) mass is 867 g/mol. The predicted molar refractivity (Wildman–Crippen MR) is 282 cm³/mol. The van der Waals surface area contributed by atoms with E-state index in [1.807, 2.05) is 0 Å². The van der Waals surface area contributed by atoms with Gasteiger partial charge in [-0.15, -0.1) is 0 Å². The molecule has 0 heterocycles. The molecule has 5 aliphatic rings. The lowest BCUT2D eigenvalue weighted by Gasteiger charge is -2.92. The van der Waals surface area contributed by atoms with Gasteiger partial charge in [0.15, 0.2) is 0 Å². The Hall–Kier alpha value is -7.74. The summed E-state index contributed by atoms with van der Waals surface area (Å²) in [5, 5.41) is 2.49. The summed E-state index contributed by atoms with van der Waals surface area (Å²) >= 11 is 0. The van der Waals surface area contributed by atoms with E-state index in [0.717, 1.165) is 40.7 Å². The highest BCUT2D eigenvalue weighted by molar-refractivity contribution is 6.09. The van der Waals surface area contributed by atoms with E-state index >= 15 is 0 Å². The van der Waals surface area contributed by atoms with E-state index in [9.17, 15) is 0 Å². The van der Waals surface area contributed by atoms with Crippen molar-refractivity contribution in [3.05, 3.63) is 248 Å². The Labute approximate surface area is 399 Å². The van der Waals surface area contributed by atoms with Crippen molar-refractivity contribution in [3.63, 3.8) is 0 Å². The van der Waals surface area contributed by atoms with Gasteiger partial charge in [0.1, 0.15) is 0 Å². The summed E-state index contributed by atoms with van der Waals surface area (Å²) in [6.07, 6.45) is 4.28. The van der Waals surface area contributed by atoms with Gasteiger partial charge in [0.2, 0.25) is 0 Å². The number of anilines is 3. The van der Waals surface area contributed by atoms with Gasteiger partial charge in [0, 0.05) is 22.1 Å². The molecule has 4 fully saturated rings. The Balaban J connectivity index is 0.948. The summed E-state index contributed by atoms with van der Waals surface area (Å²) in [5.41, 5.74) is 22.5. The van der Waals surface area contributed by atoms with E-state index < -0.39 is 0 Å². The highest BCUT2D eigenvalue weighted by Crippen LogP contribution is 2.94. The first-order valence-corrected chi connectivity index (χ1v) is 24.8. The van der Waals surface area contributed by atoms with Gasteiger partial charge in [-0.25, -0.2) is 0 Å². The van der Waals surface area contributed by atoms with Crippen LogP contribution in [0.4, 0.5) is 17.1 Å². The van der Waals surface area contributed by atoms with Gasteiger partial charge in [-0.05, 0) is 145 Å². The molecule has 1 nitrogen and oxygen atoms in total. The molecule has 0 saturated heterocycles. The molecule has 2 spiro atoms. The standard InChI is InChI=1S/C67H49N/c1-3-17-43(18-4-1)44-33-35-46(36-34-44)51-23-8-12-30-60(51)68(62-32-14-10-26-56(62)57-28-16-22-47-21-15-27-53(65(47)57)45-19-5-2-6-20-45)61-31-13-9-24-52(61)48-37-38-55-54-25-7-11-29-58(54)67(59(55)39-48)63-41-49-40-50-42-64(67)66(49,50)63/h1-39,49-50,63-64H,40-42H2. The first-order valence-electron chi connectivity index (χ1n) is 24.8. The summed E-state index contributed by atoms with van der Waals surface area (Å²) < 4.78 is 0. The molecule has 0 amide bonds. The van der Waals surface area contributed by atoms with E-state index in [0.29, 0.717) is 5.41 Å². The zero-order chi connectivity index (χ0) is 44.6. The molecule has 4 atom stereocenters. The molecule has 68 heavy (non-hydrogen) atoms. The van der Waals surface area contributed by atoms with Crippen LogP contribution in [0.25, 0.3) is 77.5 Å². The number of hydrogen-bond donors (Lipinski definition) is 0. The number of fused-ring (bicyclic) bond motifs is 8. The molecule has 10 aromatic carbocycles. The highest BCUT2D eigenvalue weighted by atomic mass is 15.1. The number of benzene rings is 10. The minimum absolute atomic E-state index is 0.139. The number of rotatable bonds is 8. The number of hydrogen-bond acceptors (Lipinski definition) is 1. The van der Waals surface area contributed by atoms with Gasteiger partial charge in [0.05, 0.1) is 17.1 Å². The van der Waals surface area contributed by atoms with Gasteiger partial charge >= 0.3 is 0 Å². The van der Waals surface area contributed by atoms with Crippen LogP contribution in [0.15, 0.2) is 237 Å². The molecule has 0 aliphatic heterocycles. The largest absolute Gasteiger partial charge is 0.309 e. The predicted octanol–water partition coefficient (Wildman–Crippen LogP) is 17.6.